The van der Waals surface area contributed by atoms with E-state index >= 15 is 0 Å². The third kappa shape index (κ3) is 4.93. The molecule has 0 saturated heterocycles. The van der Waals surface area contributed by atoms with Gasteiger partial charge in [0.2, 0.25) is 0 Å². The lowest BCUT2D eigenvalue weighted by Crippen LogP contribution is -2.58. The van der Waals surface area contributed by atoms with Crippen molar-refractivity contribution < 1.29 is 17.5 Å². The first-order valence-corrected chi connectivity index (χ1v) is 12.6. The van der Waals surface area contributed by atoms with Crippen molar-refractivity contribution in [1.29, 1.82) is 5.26 Å². The molecule has 1 aliphatic rings. The van der Waals surface area contributed by atoms with Gasteiger partial charge in [-0.1, -0.05) is 0 Å². The van der Waals surface area contributed by atoms with Crippen molar-refractivity contribution in [1.82, 2.24) is 9.71 Å². The fraction of sp³-hybridized carbons (Fsp3) is 0.667. The SMILES string of the molecule is CC(C)(C)[S+]([O-])N[C@@](CF)(C[S@@]1(=O)=NCCC[C@@]1(C)C#N)c1nc(Br)ccc1F. The Morgan fingerprint density at radius 1 is 1.48 bits per heavy atom. The van der Waals surface area contributed by atoms with Crippen LogP contribution in [-0.4, -0.2) is 42.2 Å². The number of hydrogen-bond donors (Lipinski definition) is 1. The summed E-state index contributed by atoms with van der Waals surface area (Å²) in [5.41, 5.74) is -2.34. The van der Waals surface area contributed by atoms with Crippen molar-refractivity contribution >= 4 is 37.0 Å². The Morgan fingerprint density at radius 2 is 2.14 bits per heavy atom. The third-order valence-electron chi connectivity index (χ3n) is 4.83. The molecule has 0 spiro atoms. The van der Waals surface area contributed by atoms with Gasteiger partial charge in [0.1, 0.15) is 37.8 Å². The van der Waals surface area contributed by atoms with E-state index in [0.717, 1.165) is 6.07 Å². The Labute approximate surface area is 182 Å². The fourth-order valence-corrected chi connectivity index (χ4v) is 6.92. The van der Waals surface area contributed by atoms with Gasteiger partial charge >= 0.3 is 0 Å². The van der Waals surface area contributed by atoms with Crippen molar-refractivity contribution in [2.45, 2.75) is 55.6 Å². The van der Waals surface area contributed by atoms with E-state index < -0.39 is 54.4 Å². The number of pyridine rings is 1. The molecule has 11 heteroatoms. The summed E-state index contributed by atoms with van der Waals surface area (Å²) in [6.45, 7) is 5.57. The van der Waals surface area contributed by atoms with Crippen LogP contribution in [0, 0.1) is 17.1 Å². The second-order valence-corrected chi connectivity index (χ2v) is 13.8. The first-order valence-electron chi connectivity index (χ1n) is 9.02. The van der Waals surface area contributed by atoms with Gasteiger partial charge < -0.3 is 4.55 Å². The van der Waals surface area contributed by atoms with Gasteiger partial charge in [-0.2, -0.15) is 5.26 Å². The summed E-state index contributed by atoms with van der Waals surface area (Å²) in [4.78, 5) is 4.08. The highest BCUT2D eigenvalue weighted by Crippen LogP contribution is 2.37. The summed E-state index contributed by atoms with van der Waals surface area (Å²) in [6, 6.07) is 4.52. The molecule has 2 rings (SSSR count). The number of nitrogens with zero attached hydrogens (tertiary/aromatic N) is 3. The maximum Gasteiger partial charge on any atom is 0.149 e. The smallest absolute Gasteiger partial charge is 0.149 e. The average molecular weight is 511 g/mol. The summed E-state index contributed by atoms with van der Waals surface area (Å²) in [6.07, 6.45) is 0.902. The Balaban J connectivity index is 2.70. The molecule has 2 heterocycles. The molecule has 1 aromatic heterocycles. The molecule has 1 unspecified atom stereocenters. The lowest BCUT2D eigenvalue weighted by Gasteiger charge is -2.39. The maximum atomic E-state index is 14.8. The first kappa shape index (κ1) is 24.5. The van der Waals surface area contributed by atoms with Crippen LogP contribution in [0.5, 0.6) is 0 Å². The molecule has 0 bridgehead atoms. The fourth-order valence-electron chi connectivity index (χ4n) is 2.96. The minimum absolute atomic E-state index is 0.244. The molecule has 0 aliphatic carbocycles. The van der Waals surface area contributed by atoms with E-state index in [-0.39, 0.29) is 16.8 Å². The zero-order chi connectivity index (χ0) is 22.1. The number of aromatic nitrogens is 1. The van der Waals surface area contributed by atoms with Crippen molar-refractivity contribution in [3.63, 3.8) is 0 Å². The first-order chi connectivity index (χ1) is 13.3. The minimum Gasteiger partial charge on any atom is -0.598 e. The highest BCUT2D eigenvalue weighted by atomic mass is 79.9. The average Bonchev–Trinajstić information content (AvgIpc) is 2.65. The van der Waals surface area contributed by atoms with Gasteiger partial charge in [0.25, 0.3) is 0 Å². The summed E-state index contributed by atoms with van der Waals surface area (Å²) < 4.78 is 61.1. The summed E-state index contributed by atoms with van der Waals surface area (Å²) in [5, 5.41) is 9.68. The Morgan fingerprint density at radius 3 is 2.69 bits per heavy atom. The number of hydrogen-bond acceptors (Lipinski definition) is 6. The number of halogens is 3. The normalized spacial score (nSPS) is 28.1. The van der Waals surface area contributed by atoms with Crippen molar-refractivity contribution in [3.8, 4) is 6.07 Å². The van der Waals surface area contributed by atoms with E-state index in [2.05, 4.69) is 36.1 Å². The number of nitrogens with one attached hydrogen (secondary N) is 1. The topological polar surface area (TPSA) is 101 Å². The molecule has 0 fully saturated rings. The maximum absolute atomic E-state index is 14.8. The van der Waals surface area contributed by atoms with Crippen LogP contribution in [0.25, 0.3) is 0 Å². The van der Waals surface area contributed by atoms with Crippen molar-refractivity contribution in [2.75, 3.05) is 19.0 Å². The van der Waals surface area contributed by atoms with Gasteiger partial charge in [0.15, 0.2) is 0 Å². The van der Waals surface area contributed by atoms with Crippen LogP contribution in [0.15, 0.2) is 21.1 Å². The Hall–Kier alpha value is -0.800. The molecule has 1 aromatic rings. The van der Waals surface area contributed by atoms with Crippen molar-refractivity contribution in [2.24, 2.45) is 4.36 Å². The molecule has 1 N–H and O–H groups in total. The number of rotatable bonds is 6. The molecule has 0 radical (unpaired) electrons. The molecule has 29 heavy (non-hydrogen) atoms. The van der Waals surface area contributed by atoms with Crippen LogP contribution in [0.3, 0.4) is 0 Å². The molecule has 0 aromatic carbocycles. The van der Waals surface area contributed by atoms with Gasteiger partial charge in [-0.05, 0) is 68.6 Å². The molecule has 4 atom stereocenters. The molecule has 1 aliphatic heterocycles. The summed E-state index contributed by atoms with van der Waals surface area (Å²) in [5.74, 6) is -1.36. The number of nitriles is 1. The van der Waals surface area contributed by atoms with E-state index in [4.69, 9.17) is 0 Å². The lowest BCUT2D eigenvalue weighted by molar-refractivity contribution is 0.292. The quantitative estimate of drug-likeness (QED) is 0.463. The molecular formula is C18H25BrF2N4O2S2. The highest BCUT2D eigenvalue weighted by molar-refractivity contribution is 9.10. The van der Waals surface area contributed by atoms with E-state index in [9.17, 15) is 22.8 Å². The minimum atomic E-state index is -3.31. The zero-order valence-electron chi connectivity index (χ0n) is 16.8. The van der Waals surface area contributed by atoms with E-state index in [1.54, 1.807) is 20.8 Å². The highest BCUT2D eigenvalue weighted by Gasteiger charge is 2.51. The second kappa shape index (κ2) is 8.75. The standard InChI is InChI=1S/C18H25BrF2N4O2S2/c1-16(2,3)28(26)25-18(10-20,15-13(21)6-7-14(19)24-15)12-29(27)17(4,11-22)8-5-9-23-29/h6-7,25H,5,8-10,12H2,1-4H3/t17-,18-,28?,29-/m0/s1. The van der Waals surface area contributed by atoms with Crippen LogP contribution >= 0.6 is 15.9 Å². The van der Waals surface area contributed by atoms with Gasteiger partial charge in [0.05, 0.1) is 21.6 Å². The van der Waals surface area contributed by atoms with Crippen LogP contribution in [-0.2, 0) is 26.6 Å². The van der Waals surface area contributed by atoms with Gasteiger partial charge in [-0.15, -0.1) is 4.72 Å². The molecule has 162 valence electrons. The van der Waals surface area contributed by atoms with Gasteiger partial charge in [-0.3, -0.25) is 0 Å². The predicted molar refractivity (Wildman–Crippen MR) is 114 cm³/mol. The Bertz CT molecular complexity index is 927. The largest absolute Gasteiger partial charge is 0.598 e. The number of alkyl halides is 1. The van der Waals surface area contributed by atoms with Crippen LogP contribution < -0.4 is 4.72 Å². The van der Waals surface area contributed by atoms with E-state index in [1.165, 1.54) is 13.0 Å². The molecule has 6 nitrogen and oxygen atoms in total. The molecule has 0 amide bonds. The summed E-state index contributed by atoms with van der Waals surface area (Å²) >= 11 is 1.31. The van der Waals surface area contributed by atoms with Gasteiger partial charge in [0, 0.05) is 17.9 Å². The summed E-state index contributed by atoms with van der Waals surface area (Å²) in [7, 11) is -3.31. The van der Waals surface area contributed by atoms with E-state index in [1.807, 2.05) is 0 Å². The van der Waals surface area contributed by atoms with Crippen LogP contribution in [0.4, 0.5) is 8.78 Å². The van der Waals surface area contributed by atoms with E-state index in [0.29, 0.717) is 12.8 Å². The third-order valence-corrected chi connectivity index (χ3v) is 10.1. The molecular weight excluding hydrogens is 486 g/mol. The zero-order valence-corrected chi connectivity index (χ0v) is 20.0. The molecule has 0 saturated carbocycles. The van der Waals surface area contributed by atoms with Crippen LogP contribution in [0.1, 0.15) is 46.2 Å². The van der Waals surface area contributed by atoms with Gasteiger partial charge in [-0.25, -0.2) is 22.3 Å². The monoisotopic (exact) mass is 510 g/mol. The van der Waals surface area contributed by atoms with Crippen LogP contribution in [0.2, 0.25) is 0 Å². The Kier molecular flexibility index (Phi) is 7.38. The van der Waals surface area contributed by atoms with Crippen molar-refractivity contribution in [3.05, 3.63) is 28.2 Å². The lowest BCUT2D eigenvalue weighted by atomic mass is 9.99. The second-order valence-electron chi connectivity index (χ2n) is 8.25. The predicted octanol–water partition coefficient (Wildman–Crippen LogP) is 3.74.